The van der Waals surface area contributed by atoms with Crippen LogP contribution >= 0.6 is 11.8 Å². The number of hydrogen-bond acceptors (Lipinski definition) is 3. The van der Waals surface area contributed by atoms with Gasteiger partial charge in [0.25, 0.3) is 0 Å². The Morgan fingerprint density at radius 3 is 2.56 bits per heavy atom. The lowest BCUT2D eigenvalue weighted by Crippen LogP contribution is -2.33. The number of hydrogen-bond donors (Lipinski definition) is 1. The van der Waals surface area contributed by atoms with Crippen LogP contribution in [0.1, 0.15) is 31.2 Å². The smallest absolute Gasteiger partial charge is 0.132 e. The van der Waals surface area contributed by atoms with Crippen LogP contribution in [0.2, 0.25) is 0 Å². The molecule has 0 aromatic heterocycles. The molecule has 16 heavy (non-hydrogen) atoms. The molecule has 0 spiro atoms. The van der Waals surface area contributed by atoms with Gasteiger partial charge in [0.05, 0.1) is 12.0 Å². The Morgan fingerprint density at radius 2 is 2.00 bits per heavy atom. The van der Waals surface area contributed by atoms with Gasteiger partial charge in [0.15, 0.2) is 0 Å². The third-order valence-corrected chi connectivity index (χ3v) is 4.26. The molecule has 1 aromatic carbocycles. The minimum atomic E-state index is -0.132. The van der Waals surface area contributed by atoms with Crippen molar-refractivity contribution in [2.45, 2.75) is 36.1 Å². The molecular formula is C13H19NOS. The van der Waals surface area contributed by atoms with Gasteiger partial charge in [-0.25, -0.2) is 0 Å². The second-order valence-electron chi connectivity index (χ2n) is 4.40. The standard InChI is InChI=1S/C13H19NOS/c1-15-11-7-5-6-10(12(11)16-2)13(14)8-3-4-9-13/h5-7H,3-4,8-9,14H2,1-2H3. The van der Waals surface area contributed by atoms with Crippen LogP contribution in [0, 0.1) is 0 Å². The Kier molecular flexibility index (Phi) is 3.45. The molecule has 3 heteroatoms. The van der Waals surface area contributed by atoms with Crippen molar-refractivity contribution < 1.29 is 4.74 Å². The number of ether oxygens (including phenoxy) is 1. The molecule has 1 fully saturated rings. The summed E-state index contributed by atoms with van der Waals surface area (Å²) in [5.41, 5.74) is 7.64. The molecule has 0 amide bonds. The predicted molar refractivity (Wildman–Crippen MR) is 69.1 cm³/mol. The van der Waals surface area contributed by atoms with Gasteiger partial charge in [0, 0.05) is 5.54 Å². The van der Waals surface area contributed by atoms with E-state index in [4.69, 9.17) is 10.5 Å². The molecule has 0 atom stereocenters. The van der Waals surface area contributed by atoms with Crippen LogP contribution in [-0.2, 0) is 5.54 Å². The van der Waals surface area contributed by atoms with Crippen molar-refractivity contribution in [2.24, 2.45) is 5.73 Å². The first-order chi connectivity index (χ1) is 7.71. The third-order valence-electron chi connectivity index (χ3n) is 3.44. The number of benzene rings is 1. The Labute approximate surface area is 102 Å². The molecule has 2 N–H and O–H groups in total. The zero-order valence-electron chi connectivity index (χ0n) is 9.95. The maximum absolute atomic E-state index is 6.51. The van der Waals surface area contributed by atoms with Gasteiger partial charge in [-0.15, -0.1) is 11.8 Å². The summed E-state index contributed by atoms with van der Waals surface area (Å²) in [6.45, 7) is 0. The van der Waals surface area contributed by atoms with Gasteiger partial charge in [-0.1, -0.05) is 25.0 Å². The molecule has 2 nitrogen and oxygen atoms in total. The second-order valence-corrected chi connectivity index (χ2v) is 5.22. The summed E-state index contributed by atoms with van der Waals surface area (Å²) in [5, 5.41) is 0. The quantitative estimate of drug-likeness (QED) is 0.820. The minimum absolute atomic E-state index is 0.132. The van der Waals surface area contributed by atoms with E-state index in [0.717, 1.165) is 18.6 Å². The van der Waals surface area contributed by atoms with E-state index in [1.165, 1.54) is 23.3 Å². The molecule has 1 aliphatic rings. The van der Waals surface area contributed by atoms with E-state index in [2.05, 4.69) is 12.3 Å². The largest absolute Gasteiger partial charge is 0.496 e. The fourth-order valence-corrected chi connectivity index (χ4v) is 3.40. The minimum Gasteiger partial charge on any atom is -0.496 e. The van der Waals surface area contributed by atoms with Crippen molar-refractivity contribution >= 4 is 11.8 Å². The zero-order valence-corrected chi connectivity index (χ0v) is 10.8. The summed E-state index contributed by atoms with van der Waals surface area (Å²) >= 11 is 1.73. The molecule has 2 rings (SSSR count). The fourth-order valence-electron chi connectivity index (χ4n) is 2.55. The van der Waals surface area contributed by atoms with Gasteiger partial charge < -0.3 is 10.5 Å². The van der Waals surface area contributed by atoms with Crippen LogP contribution in [-0.4, -0.2) is 13.4 Å². The summed E-state index contributed by atoms with van der Waals surface area (Å²) in [6, 6.07) is 6.20. The number of methoxy groups -OCH3 is 1. The monoisotopic (exact) mass is 237 g/mol. The van der Waals surface area contributed by atoms with E-state index in [9.17, 15) is 0 Å². The number of thioether (sulfide) groups is 1. The molecule has 0 aliphatic heterocycles. The van der Waals surface area contributed by atoms with Gasteiger partial charge in [-0.3, -0.25) is 0 Å². The number of rotatable bonds is 3. The molecule has 0 saturated heterocycles. The lowest BCUT2D eigenvalue weighted by atomic mass is 9.89. The number of nitrogens with two attached hydrogens (primary N) is 1. The fraction of sp³-hybridized carbons (Fsp3) is 0.538. The van der Waals surface area contributed by atoms with E-state index < -0.39 is 0 Å². The van der Waals surface area contributed by atoms with Crippen molar-refractivity contribution in [3.05, 3.63) is 23.8 Å². The van der Waals surface area contributed by atoms with Crippen LogP contribution in [0.15, 0.2) is 23.1 Å². The first-order valence-electron chi connectivity index (χ1n) is 5.71. The SMILES string of the molecule is COc1cccc(C2(N)CCCC2)c1SC. The molecular weight excluding hydrogens is 218 g/mol. The van der Waals surface area contributed by atoms with Crippen molar-refractivity contribution in [2.75, 3.05) is 13.4 Å². The highest BCUT2D eigenvalue weighted by Crippen LogP contribution is 2.43. The van der Waals surface area contributed by atoms with Crippen molar-refractivity contribution in [1.82, 2.24) is 0 Å². The Balaban J connectivity index is 2.47. The van der Waals surface area contributed by atoms with E-state index in [1.807, 2.05) is 12.1 Å². The molecule has 0 heterocycles. The topological polar surface area (TPSA) is 35.2 Å². The van der Waals surface area contributed by atoms with Crippen molar-refractivity contribution in [1.29, 1.82) is 0 Å². The predicted octanol–water partition coefficient (Wildman–Crippen LogP) is 3.15. The van der Waals surface area contributed by atoms with Crippen molar-refractivity contribution in [3.63, 3.8) is 0 Å². The summed E-state index contributed by atoms with van der Waals surface area (Å²) in [4.78, 5) is 1.20. The average Bonchev–Trinajstić information content (AvgIpc) is 2.76. The van der Waals surface area contributed by atoms with Gasteiger partial charge in [0.1, 0.15) is 5.75 Å². The first kappa shape index (κ1) is 11.8. The Morgan fingerprint density at radius 1 is 1.31 bits per heavy atom. The Hall–Kier alpha value is -0.670. The molecule has 1 aromatic rings. The van der Waals surface area contributed by atoms with E-state index in [1.54, 1.807) is 18.9 Å². The summed E-state index contributed by atoms with van der Waals surface area (Å²) in [5.74, 6) is 0.946. The molecule has 0 bridgehead atoms. The normalized spacial score (nSPS) is 18.7. The van der Waals surface area contributed by atoms with Gasteiger partial charge in [-0.2, -0.15) is 0 Å². The molecule has 0 radical (unpaired) electrons. The third kappa shape index (κ3) is 1.94. The molecule has 88 valence electrons. The van der Waals surface area contributed by atoms with Crippen LogP contribution in [0.25, 0.3) is 0 Å². The lowest BCUT2D eigenvalue weighted by Gasteiger charge is -2.27. The van der Waals surface area contributed by atoms with E-state index in [0.29, 0.717) is 0 Å². The average molecular weight is 237 g/mol. The molecule has 1 saturated carbocycles. The summed E-state index contributed by atoms with van der Waals surface area (Å²) < 4.78 is 5.41. The van der Waals surface area contributed by atoms with Crippen LogP contribution < -0.4 is 10.5 Å². The van der Waals surface area contributed by atoms with Crippen LogP contribution in [0.5, 0.6) is 5.75 Å². The summed E-state index contributed by atoms with van der Waals surface area (Å²) in [7, 11) is 1.72. The van der Waals surface area contributed by atoms with Gasteiger partial charge >= 0.3 is 0 Å². The van der Waals surface area contributed by atoms with E-state index >= 15 is 0 Å². The zero-order chi connectivity index (χ0) is 11.6. The van der Waals surface area contributed by atoms with Crippen molar-refractivity contribution in [3.8, 4) is 5.75 Å². The highest BCUT2D eigenvalue weighted by atomic mass is 32.2. The molecule has 0 unspecified atom stereocenters. The highest BCUT2D eigenvalue weighted by molar-refractivity contribution is 7.98. The maximum atomic E-state index is 6.51. The second kappa shape index (κ2) is 4.68. The lowest BCUT2D eigenvalue weighted by molar-refractivity contribution is 0.393. The molecule has 1 aliphatic carbocycles. The van der Waals surface area contributed by atoms with Gasteiger partial charge in [0.2, 0.25) is 0 Å². The van der Waals surface area contributed by atoms with Gasteiger partial charge in [-0.05, 0) is 30.7 Å². The Bertz CT molecular complexity index is 372. The highest BCUT2D eigenvalue weighted by Gasteiger charge is 2.33. The first-order valence-corrected chi connectivity index (χ1v) is 6.94. The maximum Gasteiger partial charge on any atom is 0.132 e. The van der Waals surface area contributed by atoms with E-state index in [-0.39, 0.29) is 5.54 Å². The summed E-state index contributed by atoms with van der Waals surface area (Å²) in [6.07, 6.45) is 6.74. The van der Waals surface area contributed by atoms with Crippen LogP contribution in [0.4, 0.5) is 0 Å². The van der Waals surface area contributed by atoms with Crippen LogP contribution in [0.3, 0.4) is 0 Å².